The van der Waals surface area contributed by atoms with E-state index in [-0.39, 0.29) is 11.4 Å². The summed E-state index contributed by atoms with van der Waals surface area (Å²) in [5, 5.41) is 3.53. The molecule has 0 saturated carbocycles. The fraction of sp³-hybridized carbons (Fsp3) is 0.455. The third-order valence-electron chi connectivity index (χ3n) is 2.94. The van der Waals surface area contributed by atoms with Crippen molar-refractivity contribution in [1.29, 1.82) is 0 Å². The summed E-state index contributed by atoms with van der Waals surface area (Å²) in [6.07, 6.45) is 0. The molecule has 1 saturated heterocycles. The van der Waals surface area contributed by atoms with E-state index in [0.29, 0.717) is 36.8 Å². The fourth-order valence-corrected chi connectivity index (χ4v) is 3.90. The van der Waals surface area contributed by atoms with E-state index in [1.807, 2.05) is 0 Å². The molecule has 3 N–H and O–H groups in total. The lowest BCUT2D eigenvalue weighted by Gasteiger charge is -2.27. The fourth-order valence-electron chi connectivity index (χ4n) is 1.96. The van der Waals surface area contributed by atoms with Crippen LogP contribution in [-0.4, -0.2) is 38.9 Å². The van der Waals surface area contributed by atoms with Crippen LogP contribution in [0.5, 0.6) is 0 Å². The van der Waals surface area contributed by atoms with Gasteiger partial charge in [-0.15, -0.1) is 0 Å². The maximum Gasteiger partial charge on any atom is 0.243 e. The molecule has 1 fully saturated rings. The molecular formula is C11H16ClN3O2S. The Morgan fingerprint density at radius 3 is 2.61 bits per heavy atom. The van der Waals surface area contributed by atoms with Crippen LogP contribution in [0.3, 0.4) is 0 Å². The molecular weight excluding hydrogens is 274 g/mol. The molecule has 0 amide bonds. The summed E-state index contributed by atoms with van der Waals surface area (Å²) < 4.78 is 26.5. The highest BCUT2D eigenvalue weighted by Crippen LogP contribution is 2.24. The molecule has 2 rings (SSSR count). The first-order chi connectivity index (χ1) is 8.55. The first kappa shape index (κ1) is 13.8. The predicted octanol–water partition coefficient (Wildman–Crippen LogP) is 0.393. The molecule has 0 spiro atoms. The molecule has 1 aliphatic rings. The summed E-state index contributed by atoms with van der Waals surface area (Å²) in [6.45, 7) is 2.45. The van der Waals surface area contributed by atoms with Crippen molar-refractivity contribution in [2.24, 2.45) is 5.73 Å². The van der Waals surface area contributed by atoms with Crippen LogP contribution >= 0.6 is 11.6 Å². The number of nitrogens with one attached hydrogen (secondary N) is 1. The van der Waals surface area contributed by atoms with Crippen LogP contribution in [0.25, 0.3) is 0 Å². The zero-order chi connectivity index (χ0) is 13.2. The maximum absolute atomic E-state index is 12.5. The second kappa shape index (κ2) is 5.54. The van der Waals surface area contributed by atoms with Gasteiger partial charge in [0, 0.05) is 37.7 Å². The number of piperazine rings is 1. The Labute approximate surface area is 112 Å². The number of nitrogens with two attached hydrogens (primary N) is 1. The van der Waals surface area contributed by atoms with Crippen LogP contribution in [0.15, 0.2) is 23.1 Å². The Bertz CT molecular complexity index is 527. The molecule has 1 aliphatic heterocycles. The third-order valence-corrected chi connectivity index (χ3v) is 5.16. The average molecular weight is 290 g/mol. The standard InChI is InChI=1S/C11H16ClN3O2S/c12-10-2-1-9(8-13)11(7-10)18(16,17)15-5-3-14-4-6-15/h1-2,7,14H,3-6,8,13H2. The molecule has 18 heavy (non-hydrogen) atoms. The molecule has 0 aliphatic carbocycles. The largest absolute Gasteiger partial charge is 0.326 e. The lowest BCUT2D eigenvalue weighted by Crippen LogP contribution is -2.46. The second-order valence-electron chi connectivity index (χ2n) is 4.11. The predicted molar refractivity (Wildman–Crippen MR) is 71.0 cm³/mol. The molecule has 0 bridgehead atoms. The monoisotopic (exact) mass is 289 g/mol. The second-order valence-corrected chi connectivity index (χ2v) is 6.45. The van der Waals surface area contributed by atoms with Gasteiger partial charge in [0.25, 0.3) is 0 Å². The molecule has 1 aromatic carbocycles. The molecule has 100 valence electrons. The molecule has 5 nitrogen and oxygen atoms in total. The minimum absolute atomic E-state index is 0.178. The Hall–Kier alpha value is -0.660. The van der Waals surface area contributed by atoms with Gasteiger partial charge in [0.15, 0.2) is 0 Å². The normalized spacial score (nSPS) is 17.9. The number of rotatable bonds is 3. The quantitative estimate of drug-likeness (QED) is 0.844. The molecule has 0 aromatic heterocycles. The number of hydrogen-bond acceptors (Lipinski definition) is 4. The smallest absolute Gasteiger partial charge is 0.243 e. The average Bonchev–Trinajstić information content (AvgIpc) is 2.39. The van der Waals surface area contributed by atoms with Gasteiger partial charge < -0.3 is 11.1 Å². The summed E-state index contributed by atoms with van der Waals surface area (Å²) in [4.78, 5) is 0.222. The van der Waals surface area contributed by atoms with Crippen LogP contribution in [0.4, 0.5) is 0 Å². The number of benzene rings is 1. The Kier molecular flexibility index (Phi) is 4.24. The zero-order valence-corrected chi connectivity index (χ0v) is 11.5. The zero-order valence-electron chi connectivity index (χ0n) is 9.89. The van der Waals surface area contributed by atoms with Gasteiger partial charge in [-0.2, -0.15) is 4.31 Å². The molecule has 1 heterocycles. The van der Waals surface area contributed by atoms with Gasteiger partial charge in [-0.25, -0.2) is 8.42 Å². The van der Waals surface area contributed by atoms with E-state index in [1.54, 1.807) is 12.1 Å². The summed E-state index contributed by atoms with van der Waals surface area (Å²) in [6, 6.07) is 4.79. The van der Waals surface area contributed by atoms with Crippen molar-refractivity contribution in [1.82, 2.24) is 9.62 Å². The van der Waals surface area contributed by atoms with E-state index in [4.69, 9.17) is 17.3 Å². The van der Waals surface area contributed by atoms with Gasteiger partial charge in [0.2, 0.25) is 10.0 Å². The topological polar surface area (TPSA) is 75.4 Å². The highest BCUT2D eigenvalue weighted by Gasteiger charge is 2.27. The minimum Gasteiger partial charge on any atom is -0.326 e. The van der Waals surface area contributed by atoms with Crippen molar-refractivity contribution >= 4 is 21.6 Å². The number of sulfonamides is 1. The summed E-state index contributed by atoms with van der Waals surface area (Å²) in [5.41, 5.74) is 6.18. The lowest BCUT2D eigenvalue weighted by atomic mass is 10.2. The van der Waals surface area contributed by atoms with E-state index in [2.05, 4.69) is 5.32 Å². The molecule has 0 unspecified atom stereocenters. The highest BCUT2D eigenvalue weighted by molar-refractivity contribution is 7.89. The van der Waals surface area contributed by atoms with Crippen LogP contribution in [0, 0.1) is 0 Å². The number of halogens is 1. The summed E-state index contributed by atoms with van der Waals surface area (Å²) in [5.74, 6) is 0. The van der Waals surface area contributed by atoms with Gasteiger partial charge in [-0.05, 0) is 17.7 Å². The lowest BCUT2D eigenvalue weighted by molar-refractivity contribution is 0.360. The Balaban J connectivity index is 2.42. The van der Waals surface area contributed by atoms with Crippen molar-refractivity contribution in [2.45, 2.75) is 11.4 Å². The number of nitrogens with zero attached hydrogens (tertiary/aromatic N) is 1. The molecule has 7 heteroatoms. The van der Waals surface area contributed by atoms with Gasteiger partial charge in [0.05, 0.1) is 4.90 Å². The van der Waals surface area contributed by atoms with Crippen molar-refractivity contribution in [2.75, 3.05) is 26.2 Å². The first-order valence-electron chi connectivity index (χ1n) is 5.75. The summed E-state index contributed by atoms with van der Waals surface area (Å²) in [7, 11) is -3.50. The van der Waals surface area contributed by atoms with E-state index in [0.717, 1.165) is 0 Å². The van der Waals surface area contributed by atoms with E-state index in [1.165, 1.54) is 10.4 Å². The molecule has 0 radical (unpaired) electrons. The number of hydrogen-bond donors (Lipinski definition) is 2. The highest BCUT2D eigenvalue weighted by atomic mass is 35.5. The van der Waals surface area contributed by atoms with Gasteiger partial charge in [-0.1, -0.05) is 17.7 Å². The summed E-state index contributed by atoms with van der Waals surface area (Å²) >= 11 is 5.88. The Morgan fingerprint density at radius 2 is 2.00 bits per heavy atom. The van der Waals surface area contributed by atoms with Crippen LogP contribution in [0.2, 0.25) is 5.02 Å². The first-order valence-corrected chi connectivity index (χ1v) is 7.57. The van der Waals surface area contributed by atoms with Crippen LogP contribution in [-0.2, 0) is 16.6 Å². The van der Waals surface area contributed by atoms with Crippen molar-refractivity contribution in [3.8, 4) is 0 Å². The van der Waals surface area contributed by atoms with Gasteiger partial charge in [-0.3, -0.25) is 0 Å². The molecule has 1 aromatic rings. The Morgan fingerprint density at radius 1 is 1.33 bits per heavy atom. The van der Waals surface area contributed by atoms with Crippen molar-refractivity contribution in [3.63, 3.8) is 0 Å². The van der Waals surface area contributed by atoms with Gasteiger partial charge >= 0.3 is 0 Å². The maximum atomic E-state index is 12.5. The van der Waals surface area contributed by atoms with E-state index in [9.17, 15) is 8.42 Å². The van der Waals surface area contributed by atoms with E-state index >= 15 is 0 Å². The minimum atomic E-state index is -3.50. The van der Waals surface area contributed by atoms with Crippen LogP contribution in [0.1, 0.15) is 5.56 Å². The molecule has 0 atom stereocenters. The third kappa shape index (κ3) is 2.67. The van der Waals surface area contributed by atoms with Crippen molar-refractivity contribution < 1.29 is 8.42 Å². The van der Waals surface area contributed by atoms with Crippen LogP contribution < -0.4 is 11.1 Å². The SMILES string of the molecule is NCc1ccc(Cl)cc1S(=O)(=O)N1CCNCC1. The van der Waals surface area contributed by atoms with Gasteiger partial charge in [0.1, 0.15) is 0 Å². The van der Waals surface area contributed by atoms with E-state index < -0.39 is 10.0 Å². The van der Waals surface area contributed by atoms with Crippen molar-refractivity contribution in [3.05, 3.63) is 28.8 Å².